The smallest absolute Gasteiger partial charge is 0.408 e. The maximum atomic E-state index is 12.1. The number of alkyl carbamates (subject to hydrolysis) is 2. The highest BCUT2D eigenvalue weighted by Gasteiger charge is 2.27. The maximum absolute atomic E-state index is 12.1. The maximum Gasteiger partial charge on any atom is 0.408 e. The van der Waals surface area contributed by atoms with Crippen molar-refractivity contribution in [1.29, 1.82) is 0 Å². The molecule has 63 heavy (non-hydrogen) atoms. The fourth-order valence-corrected chi connectivity index (χ4v) is 6.95. The van der Waals surface area contributed by atoms with Crippen LogP contribution in [0.5, 0.6) is 0 Å². The molecule has 0 spiro atoms. The van der Waals surface area contributed by atoms with Gasteiger partial charge in [0.15, 0.2) is 13.7 Å². The van der Waals surface area contributed by atoms with Crippen LogP contribution in [0.2, 0.25) is 0 Å². The molecular weight excluding hydrogens is 831 g/mol. The molecule has 0 aromatic heterocycles. The topological polar surface area (TPSA) is 220 Å². The van der Waals surface area contributed by atoms with E-state index in [0.717, 1.165) is 77.0 Å². The second-order valence-corrected chi connectivity index (χ2v) is 21.7. The van der Waals surface area contributed by atoms with Gasteiger partial charge in [-0.25, -0.2) is 9.59 Å². The first-order valence-electron chi connectivity index (χ1n) is 23.9. The van der Waals surface area contributed by atoms with Crippen molar-refractivity contribution in [3.05, 3.63) is 0 Å². The summed E-state index contributed by atoms with van der Waals surface area (Å²) in [7, 11) is -2.42. The number of carbonyl (C=O) groups is 4. The first-order chi connectivity index (χ1) is 29.7. The summed E-state index contributed by atoms with van der Waals surface area (Å²) in [4.78, 5) is 47.8. The van der Waals surface area contributed by atoms with Crippen molar-refractivity contribution in [2.45, 2.75) is 219 Å². The van der Waals surface area contributed by atoms with E-state index >= 15 is 0 Å². The highest BCUT2D eigenvalue weighted by atomic mass is 31.2. The Hall–Kier alpha value is -2.49. The molecule has 372 valence electrons. The predicted octanol–water partition coefficient (Wildman–Crippen LogP) is 8.48. The van der Waals surface area contributed by atoms with Crippen molar-refractivity contribution in [3.8, 4) is 0 Å². The van der Waals surface area contributed by atoms with Crippen LogP contribution >= 0.6 is 7.37 Å². The Balaban J connectivity index is 0.00000141. The molecule has 4 atom stereocenters. The molecule has 1 rings (SSSR count). The van der Waals surface area contributed by atoms with Gasteiger partial charge in [0.05, 0.1) is 26.4 Å². The lowest BCUT2D eigenvalue weighted by Gasteiger charge is -2.22. The van der Waals surface area contributed by atoms with Crippen LogP contribution in [0.25, 0.3) is 0 Å². The number of nitrogens with one attached hydrogen (secondary N) is 4. The largest absolute Gasteiger partial charge is 0.444 e. The Morgan fingerprint density at radius 1 is 0.619 bits per heavy atom. The van der Waals surface area contributed by atoms with Gasteiger partial charge in [-0.05, 0) is 67.2 Å². The Labute approximate surface area is 381 Å². The Morgan fingerprint density at radius 2 is 0.984 bits per heavy atom. The summed E-state index contributed by atoms with van der Waals surface area (Å²) < 4.78 is 38.4. The highest BCUT2D eigenvalue weighted by Crippen LogP contribution is 2.37. The Bertz CT molecular complexity index is 1190. The summed E-state index contributed by atoms with van der Waals surface area (Å²) in [5, 5.41) is 29.0. The molecule has 1 heterocycles. The summed E-state index contributed by atoms with van der Waals surface area (Å²) in [6.07, 6.45) is 23.0. The van der Waals surface area contributed by atoms with Gasteiger partial charge >= 0.3 is 12.2 Å². The van der Waals surface area contributed by atoms with Crippen LogP contribution in [-0.2, 0) is 37.6 Å². The number of aliphatic hydroxyl groups is 2. The van der Waals surface area contributed by atoms with Gasteiger partial charge in [0.2, 0.25) is 11.8 Å². The zero-order valence-corrected chi connectivity index (χ0v) is 41.7. The van der Waals surface area contributed by atoms with Gasteiger partial charge in [-0.1, -0.05) is 116 Å². The fraction of sp³-hybridized carbons (Fsp3) is 0.913. The molecule has 1 unspecified atom stereocenters. The molecule has 16 nitrogen and oxygen atoms in total. The molecule has 0 aromatic rings. The van der Waals surface area contributed by atoms with E-state index in [9.17, 15) is 34.0 Å². The zero-order chi connectivity index (χ0) is 47.6. The van der Waals surface area contributed by atoms with Crippen LogP contribution in [0, 0.1) is 0 Å². The van der Waals surface area contributed by atoms with Crippen LogP contribution in [0.3, 0.4) is 0 Å². The third-order valence-electron chi connectivity index (χ3n) is 9.76. The molecule has 0 bridgehead atoms. The molecule has 1 fully saturated rings. The summed E-state index contributed by atoms with van der Waals surface area (Å²) in [5.41, 5.74) is -1.37. The number of amides is 4. The Kier molecular flexibility index (Phi) is 34.3. The minimum atomic E-state index is -2.42. The van der Waals surface area contributed by atoms with Crippen molar-refractivity contribution < 1.29 is 57.4 Å². The average molecular weight is 923 g/mol. The van der Waals surface area contributed by atoms with Crippen LogP contribution in [0.4, 0.5) is 9.59 Å². The predicted molar refractivity (Wildman–Crippen MR) is 249 cm³/mol. The summed E-state index contributed by atoms with van der Waals surface area (Å²) >= 11 is 0. The first-order valence-corrected chi connectivity index (χ1v) is 26.4. The molecule has 17 heteroatoms. The molecule has 1 aliphatic heterocycles. The van der Waals surface area contributed by atoms with E-state index < -0.39 is 67.9 Å². The van der Waals surface area contributed by atoms with Crippen molar-refractivity contribution in [2.75, 3.05) is 52.8 Å². The molecular formula is C46H91N4O12P. The highest BCUT2D eigenvalue weighted by molar-refractivity contribution is 7.57. The normalized spacial score (nSPS) is 16.3. The number of unbranched alkanes of at least 4 members (excludes halogenated alkanes) is 18. The SMILES string of the molecule is CC(C)(C)OC(=O)N[C@H](CO)C(=O)NCCCCCCCCCCCCNC(=O)[C@@H](CO)NC(=O)OC(C)(C)C.CCCCCCCCCCCCC1OC[C@@H](COP(C)(C)=O)O1. The third-order valence-corrected chi connectivity index (χ3v) is 10.5. The number of ether oxygens (including phenoxy) is 4. The number of aliphatic hydroxyl groups excluding tert-OH is 2. The minimum absolute atomic E-state index is 0.0589. The van der Waals surface area contributed by atoms with E-state index in [1.807, 2.05) is 0 Å². The lowest BCUT2D eigenvalue weighted by molar-refractivity contribution is -0.124. The van der Waals surface area contributed by atoms with Crippen molar-refractivity contribution >= 4 is 31.4 Å². The molecule has 0 aromatic carbocycles. The molecule has 1 saturated heterocycles. The van der Waals surface area contributed by atoms with Gasteiger partial charge in [0.25, 0.3) is 0 Å². The summed E-state index contributed by atoms with van der Waals surface area (Å²) in [6, 6.07) is -2.07. The van der Waals surface area contributed by atoms with Gasteiger partial charge in [-0.15, -0.1) is 0 Å². The molecule has 4 amide bonds. The first kappa shape index (κ1) is 60.5. The lowest BCUT2D eigenvalue weighted by Crippen LogP contribution is -2.50. The quantitative estimate of drug-likeness (QED) is 0.0270. The lowest BCUT2D eigenvalue weighted by atomic mass is 10.1. The molecule has 0 aliphatic carbocycles. The minimum Gasteiger partial charge on any atom is -0.444 e. The average Bonchev–Trinajstić information content (AvgIpc) is 3.65. The van der Waals surface area contributed by atoms with Gasteiger partial charge in [-0.3, -0.25) is 14.2 Å². The van der Waals surface area contributed by atoms with Crippen LogP contribution < -0.4 is 21.3 Å². The van der Waals surface area contributed by atoms with Crippen molar-refractivity contribution in [2.24, 2.45) is 0 Å². The summed E-state index contributed by atoms with van der Waals surface area (Å²) in [6.45, 7) is 16.7. The third kappa shape index (κ3) is 38.5. The van der Waals surface area contributed by atoms with Crippen LogP contribution in [0.15, 0.2) is 0 Å². The van der Waals surface area contributed by atoms with Gasteiger partial charge < -0.3 is 55.0 Å². The van der Waals surface area contributed by atoms with Gasteiger partial charge in [-0.2, -0.15) is 0 Å². The monoisotopic (exact) mass is 923 g/mol. The van der Waals surface area contributed by atoms with E-state index in [4.69, 9.17) is 23.5 Å². The molecule has 0 radical (unpaired) electrons. The summed E-state index contributed by atoms with van der Waals surface area (Å²) in [5.74, 6) is -0.864. The van der Waals surface area contributed by atoms with E-state index in [1.54, 1.807) is 54.9 Å². The Morgan fingerprint density at radius 3 is 1.33 bits per heavy atom. The van der Waals surface area contributed by atoms with E-state index in [2.05, 4.69) is 28.2 Å². The molecule has 0 saturated carbocycles. The van der Waals surface area contributed by atoms with Gasteiger partial charge in [0.1, 0.15) is 29.4 Å². The van der Waals surface area contributed by atoms with E-state index in [1.165, 1.54) is 57.8 Å². The second kappa shape index (κ2) is 35.7. The van der Waals surface area contributed by atoms with E-state index in [0.29, 0.717) is 26.3 Å². The molecule has 6 N–H and O–H groups in total. The number of hydrogen-bond acceptors (Lipinski definition) is 12. The molecule has 1 aliphatic rings. The van der Waals surface area contributed by atoms with Crippen molar-refractivity contribution in [3.63, 3.8) is 0 Å². The number of carbonyl (C=O) groups excluding carboxylic acids is 4. The van der Waals surface area contributed by atoms with Crippen LogP contribution in [-0.4, -0.2) is 123 Å². The number of hydrogen-bond donors (Lipinski definition) is 6. The van der Waals surface area contributed by atoms with Gasteiger partial charge in [0, 0.05) is 26.4 Å². The number of rotatable bonds is 33. The van der Waals surface area contributed by atoms with Crippen molar-refractivity contribution in [1.82, 2.24) is 21.3 Å². The van der Waals surface area contributed by atoms with E-state index in [-0.39, 0.29) is 12.4 Å². The standard InChI is InChI=1S/C28H54N4O8.C18H37O4P/c1-27(2,3)39-25(37)31-21(19-33)23(35)29-17-15-13-11-9-7-8-10-12-14-16-18-30-24(36)22(20-34)32-26(38)40-28(4,5)6;1-4-5-6-7-8-9-10-11-12-13-14-18-20-15-17(22-18)16-21-23(2,3)19/h21-22,33-34H,7-20H2,1-6H3,(H,29,35)(H,30,36)(H,31,37)(H,32,38);17-18H,4-16H2,1-3H3/t21-,22-;17-,18?/m10/s1. The second-order valence-electron chi connectivity index (χ2n) is 18.9. The van der Waals surface area contributed by atoms with Crippen LogP contribution in [0.1, 0.15) is 183 Å². The fourth-order valence-electron chi connectivity index (χ4n) is 6.43. The zero-order valence-electron chi connectivity index (χ0n) is 40.8.